The van der Waals surface area contributed by atoms with Gasteiger partial charge in [0.1, 0.15) is 11.9 Å². The summed E-state index contributed by atoms with van der Waals surface area (Å²) in [6, 6.07) is 5.90. The fraction of sp³-hybridized carbons (Fsp3) is 0.611. The molecule has 2 heterocycles. The van der Waals surface area contributed by atoms with Crippen molar-refractivity contribution in [2.45, 2.75) is 18.9 Å². The third kappa shape index (κ3) is 6.35. The summed E-state index contributed by atoms with van der Waals surface area (Å²) >= 11 is 0. The van der Waals surface area contributed by atoms with E-state index < -0.39 is 6.04 Å². The van der Waals surface area contributed by atoms with Crippen molar-refractivity contribution in [1.29, 1.82) is 0 Å². The third-order valence-electron chi connectivity index (χ3n) is 4.79. The minimum Gasteiger partial charge on any atom is -0.379 e. The lowest BCUT2D eigenvalue weighted by atomic mass is 9.99. The quantitative estimate of drug-likeness (QED) is 0.784. The monoisotopic (exact) mass is 407 g/mol. The maximum Gasteiger partial charge on any atom is 0.241 e. The summed E-state index contributed by atoms with van der Waals surface area (Å²) in [5.74, 6) is 0.115. The number of rotatable bonds is 5. The van der Waals surface area contributed by atoms with Crippen LogP contribution >= 0.6 is 24.8 Å². The van der Waals surface area contributed by atoms with Crippen molar-refractivity contribution < 1.29 is 13.9 Å². The summed E-state index contributed by atoms with van der Waals surface area (Å²) < 4.78 is 19.0. The van der Waals surface area contributed by atoms with E-state index in [0.29, 0.717) is 44.3 Å². The van der Waals surface area contributed by atoms with Crippen LogP contribution in [-0.4, -0.2) is 56.7 Å². The van der Waals surface area contributed by atoms with E-state index in [9.17, 15) is 9.18 Å². The fourth-order valence-corrected chi connectivity index (χ4v) is 3.48. The number of hydrogen-bond acceptors (Lipinski definition) is 4. The number of carbonyl (C=O) groups excluding carboxylic acids is 1. The summed E-state index contributed by atoms with van der Waals surface area (Å²) in [6.07, 6.45) is 2.28. The van der Waals surface area contributed by atoms with Crippen molar-refractivity contribution in [3.8, 4) is 0 Å². The van der Waals surface area contributed by atoms with E-state index in [2.05, 4.69) is 15.5 Å². The molecule has 0 spiro atoms. The van der Waals surface area contributed by atoms with Crippen LogP contribution in [-0.2, 0) is 9.53 Å². The number of benzene rings is 1. The van der Waals surface area contributed by atoms with Gasteiger partial charge in [-0.1, -0.05) is 12.1 Å². The molecule has 26 heavy (non-hydrogen) atoms. The molecule has 5 nitrogen and oxygen atoms in total. The van der Waals surface area contributed by atoms with Gasteiger partial charge in [0.05, 0.1) is 13.2 Å². The van der Waals surface area contributed by atoms with Crippen LogP contribution in [0.2, 0.25) is 0 Å². The van der Waals surface area contributed by atoms with Crippen LogP contribution in [0.25, 0.3) is 0 Å². The summed E-state index contributed by atoms with van der Waals surface area (Å²) in [5.41, 5.74) is 0.705. The lowest BCUT2D eigenvalue weighted by Gasteiger charge is -2.34. The predicted octanol–water partition coefficient (Wildman–Crippen LogP) is 2.16. The van der Waals surface area contributed by atoms with Gasteiger partial charge >= 0.3 is 0 Å². The SMILES string of the molecule is Cl.Cl.O=C(NCC1CCCNC1)C(c1cccc(F)c1)N1CCOCC1. The molecule has 8 heteroatoms. The van der Waals surface area contributed by atoms with E-state index in [1.807, 2.05) is 6.07 Å². The molecule has 2 saturated heterocycles. The molecule has 2 unspecified atom stereocenters. The number of amides is 1. The Balaban J connectivity index is 0.00000169. The van der Waals surface area contributed by atoms with Crippen LogP contribution in [0, 0.1) is 11.7 Å². The van der Waals surface area contributed by atoms with Gasteiger partial charge in [0.15, 0.2) is 0 Å². The van der Waals surface area contributed by atoms with Crippen LogP contribution in [0.5, 0.6) is 0 Å². The van der Waals surface area contributed by atoms with Crippen molar-refractivity contribution in [3.05, 3.63) is 35.6 Å². The molecule has 1 aromatic carbocycles. The average Bonchev–Trinajstić information content (AvgIpc) is 2.62. The lowest BCUT2D eigenvalue weighted by molar-refractivity contribution is -0.128. The van der Waals surface area contributed by atoms with Gasteiger partial charge in [-0.25, -0.2) is 4.39 Å². The van der Waals surface area contributed by atoms with Crippen molar-refractivity contribution >= 4 is 30.7 Å². The summed E-state index contributed by atoms with van der Waals surface area (Å²) in [4.78, 5) is 14.9. The molecule has 0 aromatic heterocycles. The highest BCUT2D eigenvalue weighted by Crippen LogP contribution is 2.23. The Labute approximate surface area is 166 Å². The van der Waals surface area contributed by atoms with Crippen molar-refractivity contribution in [2.75, 3.05) is 45.9 Å². The van der Waals surface area contributed by atoms with E-state index >= 15 is 0 Å². The second-order valence-corrected chi connectivity index (χ2v) is 6.56. The van der Waals surface area contributed by atoms with Gasteiger partial charge < -0.3 is 15.4 Å². The Morgan fingerprint density at radius 3 is 2.77 bits per heavy atom. The highest BCUT2D eigenvalue weighted by molar-refractivity contribution is 5.85. The van der Waals surface area contributed by atoms with E-state index in [-0.39, 0.29) is 36.5 Å². The van der Waals surface area contributed by atoms with Crippen LogP contribution in [0.4, 0.5) is 4.39 Å². The van der Waals surface area contributed by atoms with Crippen LogP contribution < -0.4 is 10.6 Å². The highest BCUT2D eigenvalue weighted by atomic mass is 35.5. The standard InChI is InChI=1S/C18H26FN3O2.2ClH/c19-16-5-1-4-15(11-16)17(22-7-9-24-10-8-22)18(23)21-13-14-3-2-6-20-12-14;;/h1,4-5,11,14,17,20H,2-3,6-10,12-13H2,(H,21,23);2*1H. The van der Waals surface area contributed by atoms with E-state index in [4.69, 9.17) is 4.74 Å². The Bertz CT molecular complexity index is 553. The first-order chi connectivity index (χ1) is 11.7. The maximum atomic E-state index is 13.7. The fourth-order valence-electron chi connectivity index (χ4n) is 3.48. The number of piperidine rings is 1. The Morgan fingerprint density at radius 2 is 2.12 bits per heavy atom. The third-order valence-corrected chi connectivity index (χ3v) is 4.79. The zero-order chi connectivity index (χ0) is 16.8. The maximum absolute atomic E-state index is 13.7. The number of carbonyl (C=O) groups is 1. The first kappa shape index (κ1) is 23.1. The van der Waals surface area contributed by atoms with Gasteiger partial charge in [-0.2, -0.15) is 0 Å². The molecule has 0 bridgehead atoms. The molecule has 2 fully saturated rings. The van der Waals surface area contributed by atoms with Crippen molar-refractivity contribution in [2.24, 2.45) is 5.92 Å². The molecule has 3 rings (SSSR count). The van der Waals surface area contributed by atoms with E-state index in [1.54, 1.807) is 6.07 Å². The van der Waals surface area contributed by atoms with Crippen molar-refractivity contribution in [3.63, 3.8) is 0 Å². The van der Waals surface area contributed by atoms with Gasteiger partial charge in [-0.05, 0) is 49.5 Å². The minimum atomic E-state index is -0.457. The van der Waals surface area contributed by atoms with E-state index in [0.717, 1.165) is 25.9 Å². The molecule has 2 N–H and O–H groups in total. The second kappa shape index (κ2) is 11.7. The zero-order valence-electron chi connectivity index (χ0n) is 14.8. The number of hydrogen-bond donors (Lipinski definition) is 2. The average molecular weight is 408 g/mol. The number of morpholine rings is 1. The van der Waals surface area contributed by atoms with Crippen LogP contribution in [0.15, 0.2) is 24.3 Å². The van der Waals surface area contributed by atoms with Gasteiger partial charge in [0.25, 0.3) is 0 Å². The molecule has 0 aliphatic carbocycles. The predicted molar refractivity (Wildman–Crippen MR) is 105 cm³/mol. The molecule has 1 amide bonds. The number of halogens is 3. The normalized spacial score (nSPS) is 21.8. The molecule has 2 aliphatic rings. The van der Waals surface area contributed by atoms with Gasteiger partial charge in [0.2, 0.25) is 5.91 Å². The second-order valence-electron chi connectivity index (χ2n) is 6.56. The molecule has 1 aromatic rings. The smallest absolute Gasteiger partial charge is 0.241 e. The summed E-state index contributed by atoms with van der Waals surface area (Å²) in [5, 5.41) is 6.45. The summed E-state index contributed by atoms with van der Waals surface area (Å²) in [6.45, 7) is 5.24. The minimum absolute atomic E-state index is 0. The topological polar surface area (TPSA) is 53.6 Å². The van der Waals surface area contributed by atoms with Gasteiger partial charge in [0, 0.05) is 19.6 Å². The number of nitrogens with one attached hydrogen (secondary N) is 2. The number of nitrogens with zero attached hydrogens (tertiary/aromatic N) is 1. The molecular weight excluding hydrogens is 380 g/mol. The lowest BCUT2D eigenvalue weighted by Crippen LogP contribution is -2.47. The Hall–Kier alpha value is -0.920. The molecule has 2 atom stereocenters. The van der Waals surface area contributed by atoms with E-state index in [1.165, 1.54) is 12.1 Å². The van der Waals surface area contributed by atoms with Gasteiger partial charge in [-0.15, -0.1) is 24.8 Å². The molecule has 148 valence electrons. The molecular formula is C18H28Cl2FN3O2. The molecule has 0 radical (unpaired) electrons. The van der Waals surface area contributed by atoms with Crippen molar-refractivity contribution in [1.82, 2.24) is 15.5 Å². The Morgan fingerprint density at radius 1 is 1.35 bits per heavy atom. The molecule has 2 aliphatic heterocycles. The summed E-state index contributed by atoms with van der Waals surface area (Å²) in [7, 11) is 0. The zero-order valence-corrected chi connectivity index (χ0v) is 16.4. The number of ether oxygens (including phenoxy) is 1. The first-order valence-corrected chi connectivity index (χ1v) is 8.80. The van der Waals surface area contributed by atoms with Gasteiger partial charge in [-0.3, -0.25) is 9.69 Å². The Kier molecular flexibility index (Phi) is 10.4. The molecule has 0 saturated carbocycles. The van der Waals surface area contributed by atoms with Crippen LogP contribution in [0.3, 0.4) is 0 Å². The van der Waals surface area contributed by atoms with Crippen LogP contribution in [0.1, 0.15) is 24.4 Å². The highest BCUT2D eigenvalue weighted by Gasteiger charge is 2.29. The first-order valence-electron chi connectivity index (χ1n) is 8.80. The largest absolute Gasteiger partial charge is 0.379 e.